The summed E-state index contributed by atoms with van der Waals surface area (Å²) in [6.45, 7) is 0. The van der Waals surface area contributed by atoms with E-state index in [4.69, 9.17) is 5.73 Å². The van der Waals surface area contributed by atoms with Crippen LogP contribution in [-0.4, -0.2) is 5.37 Å². The molecule has 37 valence electrons. The largest absolute Gasteiger partial charge is 0.239 e. The van der Waals surface area contributed by atoms with Gasteiger partial charge < -0.3 is 0 Å². The van der Waals surface area contributed by atoms with Gasteiger partial charge in [0.25, 0.3) is 0 Å². The molecular formula is C5H6NS. The molecule has 0 saturated carbocycles. The van der Waals surface area contributed by atoms with Crippen molar-refractivity contribution in [3.05, 3.63) is 23.6 Å². The van der Waals surface area contributed by atoms with E-state index in [0.29, 0.717) is 0 Å². The molecule has 1 aliphatic rings. The lowest BCUT2D eigenvalue weighted by molar-refractivity contribution is 1.11. The van der Waals surface area contributed by atoms with Crippen LogP contribution in [0.3, 0.4) is 0 Å². The molecule has 1 radical (unpaired) electrons. The van der Waals surface area contributed by atoms with Crippen molar-refractivity contribution in [2.75, 3.05) is 0 Å². The van der Waals surface area contributed by atoms with Gasteiger partial charge in [0.2, 0.25) is 0 Å². The zero-order chi connectivity index (χ0) is 5.11. The van der Waals surface area contributed by atoms with E-state index in [0.717, 1.165) is 0 Å². The van der Waals surface area contributed by atoms with Crippen LogP contribution in [0.5, 0.6) is 0 Å². The van der Waals surface area contributed by atoms with Gasteiger partial charge in [-0.1, -0.05) is 18.2 Å². The molecule has 0 aliphatic carbocycles. The SMILES string of the molecule is [NH]C1C=CC=CS1. The Labute approximate surface area is 47.3 Å². The number of rotatable bonds is 0. The fraction of sp³-hybridized carbons (Fsp3) is 0.200. The topological polar surface area (TPSA) is 23.8 Å². The summed E-state index contributed by atoms with van der Waals surface area (Å²) in [6, 6.07) is 0. The van der Waals surface area contributed by atoms with Crippen molar-refractivity contribution < 1.29 is 0 Å². The van der Waals surface area contributed by atoms with Crippen molar-refractivity contribution in [2.24, 2.45) is 0 Å². The van der Waals surface area contributed by atoms with Crippen LogP contribution in [0.15, 0.2) is 23.6 Å². The molecule has 0 aromatic rings. The van der Waals surface area contributed by atoms with E-state index >= 15 is 0 Å². The van der Waals surface area contributed by atoms with Gasteiger partial charge in [-0.2, -0.15) is 0 Å². The third-order valence-electron chi connectivity index (χ3n) is 0.701. The third kappa shape index (κ3) is 1.37. The number of hydrogen-bond acceptors (Lipinski definition) is 1. The van der Waals surface area contributed by atoms with Gasteiger partial charge in [0.05, 0.1) is 5.37 Å². The number of allylic oxidation sites excluding steroid dienone is 2. The molecule has 0 fully saturated rings. The Bertz CT molecular complexity index is 107. The number of hydrogen-bond donors (Lipinski definition) is 0. The van der Waals surface area contributed by atoms with E-state index in [9.17, 15) is 0 Å². The smallest absolute Gasteiger partial charge is 0.0890 e. The van der Waals surface area contributed by atoms with Gasteiger partial charge in [-0.15, -0.1) is 11.8 Å². The van der Waals surface area contributed by atoms with Crippen molar-refractivity contribution in [1.29, 1.82) is 0 Å². The van der Waals surface area contributed by atoms with Crippen LogP contribution in [0.25, 0.3) is 0 Å². The summed E-state index contributed by atoms with van der Waals surface area (Å²) in [4.78, 5) is 0. The first-order valence-corrected chi connectivity index (χ1v) is 3.04. The summed E-state index contributed by atoms with van der Waals surface area (Å²) >= 11 is 1.52. The van der Waals surface area contributed by atoms with E-state index in [-0.39, 0.29) is 5.37 Å². The highest BCUT2D eigenvalue weighted by Crippen LogP contribution is 2.13. The van der Waals surface area contributed by atoms with Crippen LogP contribution < -0.4 is 5.73 Å². The van der Waals surface area contributed by atoms with Crippen molar-refractivity contribution in [1.82, 2.24) is 5.73 Å². The Morgan fingerprint density at radius 3 is 2.57 bits per heavy atom. The molecule has 7 heavy (non-hydrogen) atoms. The average Bonchev–Trinajstić information content (AvgIpc) is 1.69. The highest BCUT2D eigenvalue weighted by molar-refractivity contribution is 8.02. The second kappa shape index (κ2) is 2.19. The Morgan fingerprint density at radius 1 is 1.43 bits per heavy atom. The summed E-state index contributed by atoms with van der Waals surface area (Å²) in [5.74, 6) is 0. The summed E-state index contributed by atoms with van der Waals surface area (Å²) in [5.41, 5.74) is 7.10. The molecule has 0 amide bonds. The average molecular weight is 112 g/mol. The highest BCUT2D eigenvalue weighted by Gasteiger charge is 1.94. The van der Waals surface area contributed by atoms with Gasteiger partial charge in [0.15, 0.2) is 0 Å². The molecule has 0 aromatic carbocycles. The molecule has 2 heteroatoms. The summed E-state index contributed by atoms with van der Waals surface area (Å²) in [5, 5.41) is 1.86. The zero-order valence-electron chi connectivity index (χ0n) is 3.79. The van der Waals surface area contributed by atoms with Crippen molar-refractivity contribution in [3.8, 4) is 0 Å². The maximum absolute atomic E-state index is 7.10. The van der Waals surface area contributed by atoms with Crippen molar-refractivity contribution >= 4 is 11.8 Å². The van der Waals surface area contributed by atoms with Gasteiger partial charge in [-0.05, 0) is 5.41 Å². The Hall–Kier alpha value is -0.210. The minimum absolute atomic E-state index is 0.0648. The Kier molecular flexibility index (Phi) is 1.54. The van der Waals surface area contributed by atoms with Gasteiger partial charge in [-0.25, -0.2) is 5.73 Å². The van der Waals surface area contributed by atoms with Gasteiger partial charge in [0, 0.05) is 0 Å². The van der Waals surface area contributed by atoms with E-state index in [1.165, 1.54) is 11.8 Å². The second-order valence-electron chi connectivity index (χ2n) is 1.27. The van der Waals surface area contributed by atoms with Gasteiger partial charge >= 0.3 is 0 Å². The third-order valence-corrected chi connectivity index (χ3v) is 1.47. The molecule has 1 N–H and O–H groups in total. The monoisotopic (exact) mass is 112 g/mol. The zero-order valence-corrected chi connectivity index (χ0v) is 4.61. The van der Waals surface area contributed by atoms with Gasteiger partial charge in [0.1, 0.15) is 0 Å². The molecule has 0 aromatic heterocycles. The van der Waals surface area contributed by atoms with E-state index in [2.05, 4.69) is 0 Å². The Morgan fingerprint density at radius 2 is 2.29 bits per heavy atom. The molecule has 1 unspecified atom stereocenters. The summed E-state index contributed by atoms with van der Waals surface area (Å²) in [6.07, 6.45) is 5.69. The molecule has 0 saturated heterocycles. The fourth-order valence-corrected chi connectivity index (χ4v) is 0.918. The van der Waals surface area contributed by atoms with Crippen LogP contribution in [0.1, 0.15) is 0 Å². The first-order chi connectivity index (χ1) is 3.39. The molecule has 1 rings (SSSR count). The molecule has 1 nitrogen and oxygen atoms in total. The van der Waals surface area contributed by atoms with Crippen LogP contribution in [0.2, 0.25) is 0 Å². The quantitative estimate of drug-likeness (QED) is 0.465. The van der Waals surface area contributed by atoms with E-state index in [1.807, 2.05) is 23.6 Å². The lowest BCUT2D eigenvalue weighted by Crippen LogP contribution is -1.96. The van der Waals surface area contributed by atoms with Gasteiger partial charge in [-0.3, -0.25) is 0 Å². The lowest BCUT2D eigenvalue weighted by Gasteiger charge is -2.01. The maximum Gasteiger partial charge on any atom is 0.0890 e. The molecule has 1 aliphatic heterocycles. The fourth-order valence-electron chi connectivity index (χ4n) is 0.386. The van der Waals surface area contributed by atoms with Crippen LogP contribution in [0.4, 0.5) is 0 Å². The van der Waals surface area contributed by atoms with Crippen LogP contribution in [0, 0.1) is 0 Å². The number of thioether (sulfide) groups is 1. The summed E-state index contributed by atoms with van der Waals surface area (Å²) < 4.78 is 0. The van der Waals surface area contributed by atoms with Crippen LogP contribution >= 0.6 is 11.8 Å². The highest BCUT2D eigenvalue weighted by atomic mass is 32.2. The summed E-state index contributed by atoms with van der Waals surface area (Å²) in [7, 11) is 0. The Balaban J connectivity index is 2.49. The normalized spacial score (nSPS) is 28.4. The maximum atomic E-state index is 7.10. The molecule has 1 atom stereocenters. The second-order valence-corrected chi connectivity index (χ2v) is 2.32. The standard InChI is InChI=1S/C5H6NS/c6-5-3-1-2-4-7-5/h1-6H. The van der Waals surface area contributed by atoms with E-state index in [1.54, 1.807) is 0 Å². The molecule has 0 spiro atoms. The first-order valence-electron chi connectivity index (χ1n) is 2.09. The lowest BCUT2D eigenvalue weighted by atomic mass is 10.5. The van der Waals surface area contributed by atoms with Crippen LogP contribution in [-0.2, 0) is 0 Å². The minimum atomic E-state index is -0.0648. The minimum Gasteiger partial charge on any atom is -0.239 e. The first kappa shape index (κ1) is 4.94. The molecular weight excluding hydrogens is 106 g/mol. The molecule has 0 bridgehead atoms. The predicted molar refractivity (Wildman–Crippen MR) is 32.8 cm³/mol. The van der Waals surface area contributed by atoms with Crippen molar-refractivity contribution in [2.45, 2.75) is 5.37 Å². The van der Waals surface area contributed by atoms with Crippen molar-refractivity contribution in [3.63, 3.8) is 0 Å². The molecule has 1 heterocycles. The predicted octanol–water partition coefficient (Wildman–Crippen LogP) is 1.41. The number of nitrogens with one attached hydrogen (secondary N) is 1. The van der Waals surface area contributed by atoms with E-state index < -0.39 is 0 Å².